The van der Waals surface area contributed by atoms with Gasteiger partial charge in [-0.05, 0) is 52.8 Å². The molecule has 36 heavy (non-hydrogen) atoms. The highest BCUT2D eigenvalue weighted by molar-refractivity contribution is 5.44. The van der Waals surface area contributed by atoms with Gasteiger partial charge in [0.2, 0.25) is 0 Å². The number of methoxy groups -OCH3 is 3. The first-order valence-corrected chi connectivity index (χ1v) is 11.9. The quantitative estimate of drug-likeness (QED) is 0.296. The first-order valence-electron chi connectivity index (χ1n) is 11.9. The molecule has 2 N–H and O–H groups in total. The molecule has 0 radical (unpaired) electrons. The van der Waals surface area contributed by atoms with E-state index in [2.05, 4.69) is 0 Å². The number of aliphatic hydroxyl groups excluding tert-OH is 1. The highest BCUT2D eigenvalue weighted by Gasteiger charge is 2.31. The number of aromatic hydroxyl groups is 1. The second kappa shape index (κ2) is 13.2. The van der Waals surface area contributed by atoms with Gasteiger partial charge in [-0.2, -0.15) is 0 Å². The van der Waals surface area contributed by atoms with Crippen molar-refractivity contribution in [3.63, 3.8) is 0 Å². The van der Waals surface area contributed by atoms with E-state index in [4.69, 9.17) is 23.7 Å². The van der Waals surface area contributed by atoms with Gasteiger partial charge in [0.25, 0.3) is 0 Å². The van der Waals surface area contributed by atoms with E-state index >= 15 is 0 Å². The predicted molar refractivity (Wildman–Crippen MR) is 137 cm³/mol. The number of benzene rings is 3. The summed E-state index contributed by atoms with van der Waals surface area (Å²) in [5.41, 5.74) is 2.59. The minimum absolute atomic E-state index is 0.0251. The first-order chi connectivity index (χ1) is 17.4. The molecular weight excluding hydrogens is 460 g/mol. The van der Waals surface area contributed by atoms with E-state index in [9.17, 15) is 10.2 Å². The standard InChI is InChI=1S/C29H36O7/c1-19(28(31)22-11-13-24(30)26(15-22)33-4)20(2)29(36-18-32-3)23-12-14-25(27(16-23)34-5)35-17-21-9-7-6-8-10-21/h6-16,19-20,28-31H,17-18H2,1-5H3/t19-,20-,28-,29+/m1/s1. The van der Waals surface area contributed by atoms with Crippen LogP contribution >= 0.6 is 0 Å². The minimum atomic E-state index is -0.807. The molecule has 0 aromatic heterocycles. The number of aliphatic hydroxyl groups is 1. The smallest absolute Gasteiger partial charge is 0.161 e. The summed E-state index contributed by atoms with van der Waals surface area (Å²) in [5.74, 6) is 1.24. The Morgan fingerprint density at radius 2 is 1.42 bits per heavy atom. The average Bonchev–Trinajstić information content (AvgIpc) is 2.92. The Bertz CT molecular complexity index is 1090. The molecule has 3 aromatic carbocycles. The maximum Gasteiger partial charge on any atom is 0.161 e. The third-order valence-corrected chi connectivity index (χ3v) is 6.47. The van der Waals surface area contributed by atoms with Gasteiger partial charge < -0.3 is 33.9 Å². The fourth-order valence-electron chi connectivity index (χ4n) is 4.15. The summed E-state index contributed by atoms with van der Waals surface area (Å²) in [5, 5.41) is 21.1. The highest BCUT2D eigenvalue weighted by atomic mass is 16.7. The van der Waals surface area contributed by atoms with Gasteiger partial charge in [0.15, 0.2) is 23.0 Å². The molecule has 0 amide bonds. The van der Waals surface area contributed by atoms with E-state index in [1.807, 2.05) is 62.4 Å². The second-order valence-electron chi connectivity index (χ2n) is 8.77. The zero-order valence-electron chi connectivity index (χ0n) is 21.5. The fourth-order valence-corrected chi connectivity index (χ4v) is 4.15. The normalized spacial score (nSPS) is 14.5. The van der Waals surface area contributed by atoms with Gasteiger partial charge >= 0.3 is 0 Å². The maximum absolute atomic E-state index is 11.1. The lowest BCUT2D eigenvalue weighted by Gasteiger charge is -2.32. The molecule has 0 aliphatic rings. The molecule has 3 aromatic rings. The van der Waals surface area contributed by atoms with Crippen LogP contribution in [0.1, 0.15) is 42.7 Å². The molecule has 3 rings (SSSR count). The van der Waals surface area contributed by atoms with Crippen LogP contribution < -0.4 is 14.2 Å². The second-order valence-corrected chi connectivity index (χ2v) is 8.77. The van der Waals surface area contributed by atoms with E-state index in [1.54, 1.807) is 26.4 Å². The van der Waals surface area contributed by atoms with E-state index in [0.717, 1.165) is 11.1 Å². The summed E-state index contributed by atoms with van der Waals surface area (Å²) in [6.45, 7) is 4.51. The number of hydrogen-bond acceptors (Lipinski definition) is 7. The Kier molecular flexibility index (Phi) is 9.99. The summed E-state index contributed by atoms with van der Waals surface area (Å²) < 4.78 is 28.1. The molecule has 4 atom stereocenters. The van der Waals surface area contributed by atoms with Crippen molar-refractivity contribution in [1.29, 1.82) is 0 Å². The molecule has 0 saturated heterocycles. The van der Waals surface area contributed by atoms with E-state index in [1.165, 1.54) is 13.2 Å². The molecule has 7 heteroatoms. The van der Waals surface area contributed by atoms with Crippen molar-refractivity contribution < 1.29 is 33.9 Å². The summed E-state index contributed by atoms with van der Waals surface area (Å²) in [6, 6.07) is 20.5. The van der Waals surface area contributed by atoms with E-state index in [0.29, 0.717) is 29.4 Å². The Hall–Kier alpha value is -3.26. The van der Waals surface area contributed by atoms with Crippen LogP contribution in [0.5, 0.6) is 23.0 Å². The molecule has 0 spiro atoms. The topological polar surface area (TPSA) is 86.6 Å². The third-order valence-electron chi connectivity index (χ3n) is 6.47. The lowest BCUT2D eigenvalue weighted by Crippen LogP contribution is -2.25. The monoisotopic (exact) mass is 496 g/mol. The molecule has 0 aliphatic carbocycles. The largest absolute Gasteiger partial charge is 0.504 e. The van der Waals surface area contributed by atoms with Crippen molar-refractivity contribution in [3.8, 4) is 23.0 Å². The van der Waals surface area contributed by atoms with Crippen molar-refractivity contribution in [2.45, 2.75) is 32.7 Å². The van der Waals surface area contributed by atoms with Crippen LogP contribution in [0.25, 0.3) is 0 Å². The number of phenolic OH excluding ortho intramolecular Hbond substituents is 1. The number of phenols is 1. The van der Waals surface area contributed by atoms with Gasteiger partial charge in [0.1, 0.15) is 13.4 Å². The van der Waals surface area contributed by atoms with Gasteiger partial charge in [0, 0.05) is 7.11 Å². The molecule has 0 unspecified atom stereocenters. The number of hydrogen-bond donors (Lipinski definition) is 2. The SMILES string of the molecule is COCO[C@H](c1ccc(OCc2ccccc2)c(OC)c1)[C@H](C)[C@@H](C)[C@@H](O)c1ccc(O)c(OC)c1. The van der Waals surface area contributed by atoms with Crippen LogP contribution in [0.2, 0.25) is 0 Å². The molecule has 194 valence electrons. The van der Waals surface area contributed by atoms with Gasteiger partial charge in [-0.25, -0.2) is 0 Å². The number of rotatable bonds is 13. The van der Waals surface area contributed by atoms with E-state index in [-0.39, 0.29) is 30.5 Å². The first kappa shape index (κ1) is 27.3. The zero-order chi connectivity index (χ0) is 26.1. The van der Waals surface area contributed by atoms with Gasteiger partial charge in [-0.1, -0.05) is 56.3 Å². The maximum atomic E-state index is 11.1. The van der Waals surface area contributed by atoms with Crippen molar-refractivity contribution in [1.82, 2.24) is 0 Å². The van der Waals surface area contributed by atoms with Crippen molar-refractivity contribution in [2.24, 2.45) is 11.8 Å². The van der Waals surface area contributed by atoms with Crippen LogP contribution in [0.4, 0.5) is 0 Å². The lowest BCUT2D eigenvalue weighted by molar-refractivity contribution is -0.106. The van der Waals surface area contributed by atoms with Crippen LogP contribution in [0.15, 0.2) is 66.7 Å². The predicted octanol–water partition coefficient (Wildman–Crippen LogP) is 5.66. The van der Waals surface area contributed by atoms with Crippen molar-refractivity contribution in [3.05, 3.63) is 83.4 Å². The minimum Gasteiger partial charge on any atom is -0.504 e. The summed E-state index contributed by atoms with van der Waals surface area (Å²) >= 11 is 0. The van der Waals surface area contributed by atoms with Crippen LogP contribution in [0, 0.1) is 11.8 Å². The lowest BCUT2D eigenvalue weighted by atomic mass is 9.81. The Labute approximate surface area is 213 Å². The Morgan fingerprint density at radius 1 is 0.750 bits per heavy atom. The summed E-state index contributed by atoms with van der Waals surface area (Å²) in [6.07, 6.45) is -1.19. The molecular formula is C29H36O7. The molecule has 0 aliphatic heterocycles. The average molecular weight is 497 g/mol. The number of ether oxygens (including phenoxy) is 5. The Morgan fingerprint density at radius 3 is 2.08 bits per heavy atom. The summed E-state index contributed by atoms with van der Waals surface area (Å²) in [7, 11) is 4.66. The van der Waals surface area contributed by atoms with Gasteiger partial charge in [-0.15, -0.1) is 0 Å². The summed E-state index contributed by atoms with van der Waals surface area (Å²) in [4.78, 5) is 0. The molecule has 0 saturated carbocycles. The van der Waals surface area contributed by atoms with Crippen LogP contribution in [-0.2, 0) is 16.1 Å². The zero-order valence-corrected chi connectivity index (χ0v) is 21.5. The van der Waals surface area contributed by atoms with Crippen LogP contribution in [0.3, 0.4) is 0 Å². The highest BCUT2D eigenvalue weighted by Crippen LogP contribution is 2.41. The Balaban J connectivity index is 1.82. The molecule has 0 heterocycles. The van der Waals surface area contributed by atoms with Gasteiger partial charge in [-0.3, -0.25) is 0 Å². The molecule has 0 fully saturated rings. The molecule has 7 nitrogen and oxygen atoms in total. The van der Waals surface area contributed by atoms with Crippen LogP contribution in [-0.4, -0.2) is 38.3 Å². The van der Waals surface area contributed by atoms with Crippen molar-refractivity contribution >= 4 is 0 Å². The van der Waals surface area contributed by atoms with E-state index < -0.39 is 6.10 Å². The fraction of sp³-hybridized carbons (Fsp3) is 0.379. The molecule has 0 bridgehead atoms. The van der Waals surface area contributed by atoms with Crippen molar-refractivity contribution in [2.75, 3.05) is 28.1 Å². The van der Waals surface area contributed by atoms with Gasteiger partial charge in [0.05, 0.1) is 26.4 Å². The third kappa shape index (κ3) is 6.69.